The number of hydrogen-bond donors (Lipinski definition) is 0. The van der Waals surface area contributed by atoms with Gasteiger partial charge in [-0.25, -0.2) is 0 Å². The molecule has 0 nitrogen and oxygen atoms in total. The molecule has 0 heterocycles. The molecule has 1 aromatic carbocycles. The number of rotatable bonds is 1. The second-order valence-corrected chi connectivity index (χ2v) is 4.10. The summed E-state index contributed by atoms with van der Waals surface area (Å²) in [7, 11) is 0. The van der Waals surface area contributed by atoms with Crippen LogP contribution in [0.2, 0.25) is 0 Å². The zero-order valence-corrected chi connectivity index (χ0v) is 8.50. The standard InChI is InChI=1S/C14H16/c1-2-12-7-6-10-14(11-12)13-8-4-3-5-9-13/h1,6-7,10-11,13H,3-5,8-9H2. The predicted octanol–water partition coefficient (Wildman–Crippen LogP) is 3.72. The third kappa shape index (κ3) is 1.99. The van der Waals surface area contributed by atoms with Gasteiger partial charge in [-0.15, -0.1) is 6.42 Å². The van der Waals surface area contributed by atoms with Crippen LogP contribution in [0.25, 0.3) is 0 Å². The minimum absolute atomic E-state index is 0.761. The molecule has 0 amide bonds. The highest BCUT2D eigenvalue weighted by atomic mass is 14.2. The molecule has 72 valence electrons. The van der Waals surface area contributed by atoms with Gasteiger partial charge in [-0.1, -0.05) is 37.3 Å². The lowest BCUT2D eigenvalue weighted by Crippen LogP contribution is -2.04. The summed E-state index contributed by atoms with van der Waals surface area (Å²) in [5.41, 5.74) is 2.47. The van der Waals surface area contributed by atoms with Crippen LogP contribution in [-0.4, -0.2) is 0 Å². The smallest absolute Gasteiger partial charge is 0.0245 e. The molecule has 0 bridgehead atoms. The van der Waals surface area contributed by atoms with Crippen molar-refractivity contribution in [2.45, 2.75) is 38.0 Å². The van der Waals surface area contributed by atoms with Gasteiger partial charge in [0.1, 0.15) is 0 Å². The highest BCUT2D eigenvalue weighted by Crippen LogP contribution is 2.32. The van der Waals surface area contributed by atoms with Gasteiger partial charge < -0.3 is 0 Å². The molecule has 0 aliphatic heterocycles. The summed E-state index contributed by atoms with van der Waals surface area (Å²) in [6.45, 7) is 0. The summed E-state index contributed by atoms with van der Waals surface area (Å²) in [5.74, 6) is 3.47. The van der Waals surface area contributed by atoms with Crippen molar-refractivity contribution in [3.05, 3.63) is 35.4 Å². The Morgan fingerprint density at radius 1 is 1.14 bits per heavy atom. The van der Waals surface area contributed by atoms with Gasteiger partial charge in [-0.3, -0.25) is 0 Å². The molecule has 0 unspecified atom stereocenters. The lowest BCUT2D eigenvalue weighted by Gasteiger charge is -2.21. The van der Waals surface area contributed by atoms with Gasteiger partial charge in [0.2, 0.25) is 0 Å². The lowest BCUT2D eigenvalue weighted by atomic mass is 9.84. The van der Waals surface area contributed by atoms with Crippen molar-refractivity contribution in [1.82, 2.24) is 0 Å². The maximum Gasteiger partial charge on any atom is 0.0245 e. The average molecular weight is 184 g/mol. The third-order valence-electron chi connectivity index (χ3n) is 3.13. The Labute approximate surface area is 86.3 Å². The fourth-order valence-electron chi connectivity index (χ4n) is 2.32. The monoisotopic (exact) mass is 184 g/mol. The van der Waals surface area contributed by atoms with E-state index in [9.17, 15) is 0 Å². The first-order valence-corrected chi connectivity index (χ1v) is 5.47. The summed E-state index contributed by atoms with van der Waals surface area (Å²) in [5, 5.41) is 0. The van der Waals surface area contributed by atoms with Gasteiger partial charge >= 0.3 is 0 Å². The molecule has 0 N–H and O–H groups in total. The van der Waals surface area contributed by atoms with Crippen molar-refractivity contribution in [3.8, 4) is 12.3 Å². The van der Waals surface area contributed by atoms with Gasteiger partial charge in [0.15, 0.2) is 0 Å². The van der Waals surface area contributed by atoms with Crippen LogP contribution in [0.15, 0.2) is 24.3 Å². The van der Waals surface area contributed by atoms with Crippen LogP contribution in [-0.2, 0) is 0 Å². The van der Waals surface area contributed by atoms with Crippen molar-refractivity contribution in [3.63, 3.8) is 0 Å². The first-order chi connectivity index (χ1) is 6.90. The average Bonchev–Trinajstić information content (AvgIpc) is 2.30. The number of benzene rings is 1. The van der Waals surface area contributed by atoms with Gasteiger partial charge in [-0.2, -0.15) is 0 Å². The van der Waals surface area contributed by atoms with E-state index in [0.29, 0.717) is 0 Å². The number of terminal acetylenes is 1. The van der Waals surface area contributed by atoms with Gasteiger partial charge in [0, 0.05) is 5.56 Å². The number of hydrogen-bond acceptors (Lipinski definition) is 0. The molecule has 0 atom stereocenters. The Hall–Kier alpha value is -1.22. The first-order valence-electron chi connectivity index (χ1n) is 5.47. The quantitative estimate of drug-likeness (QED) is 0.583. The zero-order valence-electron chi connectivity index (χ0n) is 8.50. The molecule has 1 fully saturated rings. The molecule has 1 saturated carbocycles. The Morgan fingerprint density at radius 2 is 1.93 bits per heavy atom. The summed E-state index contributed by atoms with van der Waals surface area (Å²) in [6, 6.07) is 8.48. The molecule has 1 aromatic rings. The van der Waals surface area contributed by atoms with Gasteiger partial charge in [0.05, 0.1) is 0 Å². The first kappa shape index (κ1) is 9.34. The van der Waals surface area contributed by atoms with Crippen molar-refractivity contribution in [1.29, 1.82) is 0 Å². The predicted molar refractivity (Wildman–Crippen MR) is 60.2 cm³/mol. The van der Waals surface area contributed by atoms with E-state index in [1.54, 1.807) is 0 Å². The molecule has 1 aliphatic carbocycles. The summed E-state index contributed by atoms with van der Waals surface area (Å²) in [4.78, 5) is 0. The van der Waals surface area contributed by atoms with Crippen LogP contribution in [0.4, 0.5) is 0 Å². The SMILES string of the molecule is C#Cc1cccc(C2CCCCC2)c1. The molecule has 0 heteroatoms. The Bertz CT molecular complexity index is 337. The maximum absolute atomic E-state index is 5.40. The highest BCUT2D eigenvalue weighted by molar-refractivity contribution is 5.36. The summed E-state index contributed by atoms with van der Waals surface area (Å²) >= 11 is 0. The van der Waals surface area contributed by atoms with Crippen LogP contribution in [0.1, 0.15) is 49.1 Å². The van der Waals surface area contributed by atoms with Crippen molar-refractivity contribution in [2.75, 3.05) is 0 Å². The van der Waals surface area contributed by atoms with Crippen LogP contribution in [0.3, 0.4) is 0 Å². The molecule has 14 heavy (non-hydrogen) atoms. The van der Waals surface area contributed by atoms with E-state index in [1.807, 2.05) is 6.07 Å². The Balaban J connectivity index is 2.18. The van der Waals surface area contributed by atoms with Crippen LogP contribution < -0.4 is 0 Å². The molecule has 0 spiro atoms. The van der Waals surface area contributed by atoms with Crippen molar-refractivity contribution < 1.29 is 0 Å². The molecule has 0 saturated heterocycles. The largest absolute Gasteiger partial charge is 0.115 e. The minimum Gasteiger partial charge on any atom is -0.115 e. The summed E-state index contributed by atoms with van der Waals surface area (Å²) in [6.07, 6.45) is 12.2. The fourth-order valence-corrected chi connectivity index (χ4v) is 2.32. The Morgan fingerprint density at radius 3 is 2.64 bits per heavy atom. The second-order valence-electron chi connectivity index (χ2n) is 4.10. The lowest BCUT2D eigenvalue weighted by molar-refractivity contribution is 0.443. The van der Waals surface area contributed by atoms with Gasteiger partial charge in [0.25, 0.3) is 0 Å². The van der Waals surface area contributed by atoms with E-state index in [0.717, 1.165) is 11.5 Å². The third-order valence-corrected chi connectivity index (χ3v) is 3.13. The normalized spacial score (nSPS) is 17.6. The van der Waals surface area contributed by atoms with Crippen molar-refractivity contribution in [2.24, 2.45) is 0 Å². The molecule has 2 rings (SSSR count). The summed E-state index contributed by atoms with van der Waals surface area (Å²) < 4.78 is 0. The topological polar surface area (TPSA) is 0 Å². The molecule has 0 radical (unpaired) electrons. The van der Waals surface area contributed by atoms with Crippen LogP contribution >= 0.6 is 0 Å². The fraction of sp³-hybridized carbons (Fsp3) is 0.429. The molecular weight excluding hydrogens is 168 g/mol. The van der Waals surface area contributed by atoms with Crippen molar-refractivity contribution >= 4 is 0 Å². The zero-order chi connectivity index (χ0) is 9.80. The van der Waals surface area contributed by atoms with E-state index in [2.05, 4.69) is 24.1 Å². The van der Waals surface area contributed by atoms with Crippen LogP contribution in [0, 0.1) is 12.3 Å². The Kier molecular flexibility index (Phi) is 2.89. The molecule has 0 aromatic heterocycles. The highest BCUT2D eigenvalue weighted by Gasteiger charge is 2.14. The molecular formula is C14H16. The van der Waals surface area contributed by atoms with Crippen LogP contribution in [0.5, 0.6) is 0 Å². The van der Waals surface area contributed by atoms with E-state index >= 15 is 0 Å². The van der Waals surface area contributed by atoms with Gasteiger partial charge in [-0.05, 0) is 36.5 Å². The van der Waals surface area contributed by atoms with E-state index in [1.165, 1.54) is 37.7 Å². The van der Waals surface area contributed by atoms with E-state index in [-0.39, 0.29) is 0 Å². The maximum atomic E-state index is 5.40. The molecule has 1 aliphatic rings. The second kappa shape index (κ2) is 4.33. The van der Waals surface area contributed by atoms with E-state index < -0.39 is 0 Å². The van der Waals surface area contributed by atoms with E-state index in [4.69, 9.17) is 6.42 Å². The minimum atomic E-state index is 0.761.